The van der Waals surface area contributed by atoms with Gasteiger partial charge in [0.2, 0.25) is 0 Å². The van der Waals surface area contributed by atoms with Crippen LogP contribution in [-0.2, 0) is 16.1 Å². The minimum absolute atomic E-state index is 0.0274. The van der Waals surface area contributed by atoms with E-state index in [1.54, 1.807) is 6.33 Å². The number of carbonyl (C=O) groups excluding carboxylic acids is 1. The van der Waals surface area contributed by atoms with Crippen LogP contribution in [0.25, 0.3) is 0 Å². The molecule has 0 radical (unpaired) electrons. The van der Waals surface area contributed by atoms with Gasteiger partial charge in [0.15, 0.2) is 0 Å². The molecule has 2 unspecified atom stereocenters. The van der Waals surface area contributed by atoms with Crippen molar-refractivity contribution in [3.63, 3.8) is 0 Å². The highest BCUT2D eigenvalue weighted by atomic mass is 16.5. The zero-order valence-corrected chi connectivity index (χ0v) is 12.0. The summed E-state index contributed by atoms with van der Waals surface area (Å²) in [6.45, 7) is 8.62. The Morgan fingerprint density at radius 1 is 1.53 bits per heavy atom. The molecule has 2 heterocycles. The van der Waals surface area contributed by atoms with Gasteiger partial charge in [-0.15, -0.1) is 0 Å². The molecule has 19 heavy (non-hydrogen) atoms. The third-order valence-corrected chi connectivity index (χ3v) is 3.69. The molecule has 1 aliphatic heterocycles. The number of hydrogen-bond donors (Lipinski definition) is 0. The topological polar surface area (TPSA) is 60.2 Å². The lowest BCUT2D eigenvalue weighted by molar-refractivity contribution is -0.146. The van der Waals surface area contributed by atoms with E-state index in [4.69, 9.17) is 4.74 Å². The molecule has 1 aliphatic rings. The number of esters is 1. The first-order valence-corrected chi connectivity index (χ1v) is 6.71. The molecule has 0 amide bonds. The standard InChI is InChI=1S/C13H22N4O2/c1-9(2)17-12(14-8-15-17)7-16-5-10(3)11(6-16)13(18)19-4/h8-11H,5-7H2,1-4H3. The van der Waals surface area contributed by atoms with Gasteiger partial charge in [-0.05, 0) is 19.8 Å². The minimum Gasteiger partial charge on any atom is -0.469 e. The highest BCUT2D eigenvalue weighted by molar-refractivity contribution is 5.73. The molecular formula is C13H22N4O2. The zero-order chi connectivity index (χ0) is 14.0. The Morgan fingerprint density at radius 2 is 2.26 bits per heavy atom. The summed E-state index contributed by atoms with van der Waals surface area (Å²) in [4.78, 5) is 18.2. The van der Waals surface area contributed by atoms with Crippen molar-refractivity contribution in [1.29, 1.82) is 0 Å². The summed E-state index contributed by atoms with van der Waals surface area (Å²) in [6.07, 6.45) is 1.59. The average Bonchev–Trinajstić information content (AvgIpc) is 2.95. The number of nitrogens with zero attached hydrogens (tertiary/aromatic N) is 4. The Kier molecular flexibility index (Phi) is 4.19. The van der Waals surface area contributed by atoms with Crippen LogP contribution < -0.4 is 0 Å². The number of ether oxygens (including phenoxy) is 1. The van der Waals surface area contributed by atoms with Gasteiger partial charge in [-0.2, -0.15) is 5.10 Å². The summed E-state index contributed by atoms with van der Waals surface area (Å²) in [5.41, 5.74) is 0. The van der Waals surface area contributed by atoms with E-state index < -0.39 is 0 Å². The quantitative estimate of drug-likeness (QED) is 0.764. The molecule has 0 bridgehead atoms. The average molecular weight is 266 g/mol. The van der Waals surface area contributed by atoms with Crippen molar-refractivity contribution in [3.05, 3.63) is 12.2 Å². The highest BCUT2D eigenvalue weighted by Gasteiger charge is 2.35. The number of aromatic nitrogens is 3. The Hall–Kier alpha value is -1.43. The molecule has 0 N–H and O–H groups in total. The van der Waals surface area contributed by atoms with Gasteiger partial charge in [0.05, 0.1) is 19.6 Å². The molecule has 1 saturated heterocycles. The molecule has 2 rings (SSSR count). The van der Waals surface area contributed by atoms with Crippen LogP contribution in [0.15, 0.2) is 6.33 Å². The van der Waals surface area contributed by atoms with Crippen molar-refractivity contribution in [3.8, 4) is 0 Å². The maximum atomic E-state index is 11.7. The Balaban J connectivity index is 2.01. The summed E-state index contributed by atoms with van der Waals surface area (Å²) in [7, 11) is 1.45. The molecule has 0 aromatic carbocycles. The molecule has 6 heteroatoms. The summed E-state index contributed by atoms with van der Waals surface area (Å²) in [6, 6.07) is 0.300. The lowest BCUT2D eigenvalue weighted by atomic mass is 9.99. The van der Waals surface area contributed by atoms with E-state index in [1.165, 1.54) is 7.11 Å². The normalized spacial score (nSPS) is 24.1. The van der Waals surface area contributed by atoms with Gasteiger partial charge in [0, 0.05) is 19.1 Å². The van der Waals surface area contributed by atoms with E-state index in [9.17, 15) is 4.79 Å². The van der Waals surface area contributed by atoms with Crippen LogP contribution in [-0.4, -0.2) is 45.8 Å². The van der Waals surface area contributed by atoms with E-state index in [-0.39, 0.29) is 11.9 Å². The van der Waals surface area contributed by atoms with Crippen LogP contribution in [0.2, 0.25) is 0 Å². The fourth-order valence-electron chi connectivity index (χ4n) is 2.67. The summed E-state index contributed by atoms with van der Waals surface area (Å²) in [5.74, 6) is 1.14. The molecule has 6 nitrogen and oxygen atoms in total. The molecule has 106 valence electrons. The fraction of sp³-hybridized carbons (Fsp3) is 0.769. The second kappa shape index (κ2) is 5.69. The largest absolute Gasteiger partial charge is 0.469 e. The number of rotatable bonds is 4. The second-order valence-electron chi connectivity index (χ2n) is 5.52. The Morgan fingerprint density at radius 3 is 2.89 bits per heavy atom. The van der Waals surface area contributed by atoms with Gasteiger partial charge in [-0.1, -0.05) is 6.92 Å². The molecule has 0 spiro atoms. The van der Waals surface area contributed by atoms with Gasteiger partial charge < -0.3 is 4.74 Å². The predicted molar refractivity (Wildman–Crippen MR) is 70.4 cm³/mol. The van der Waals surface area contributed by atoms with Crippen LogP contribution in [0.5, 0.6) is 0 Å². The summed E-state index contributed by atoms with van der Waals surface area (Å²) < 4.78 is 6.78. The molecule has 1 aromatic heterocycles. The molecule has 0 saturated carbocycles. The molecule has 0 aliphatic carbocycles. The lowest BCUT2D eigenvalue weighted by Gasteiger charge is -2.16. The van der Waals surface area contributed by atoms with E-state index in [0.717, 1.165) is 25.5 Å². The van der Waals surface area contributed by atoms with E-state index >= 15 is 0 Å². The monoisotopic (exact) mass is 266 g/mol. The number of methoxy groups -OCH3 is 1. The van der Waals surface area contributed by atoms with Crippen molar-refractivity contribution >= 4 is 5.97 Å². The molecule has 1 aromatic rings. The van der Waals surface area contributed by atoms with Crippen molar-refractivity contribution in [2.75, 3.05) is 20.2 Å². The third kappa shape index (κ3) is 2.94. The van der Waals surface area contributed by atoms with Crippen LogP contribution >= 0.6 is 0 Å². The third-order valence-electron chi connectivity index (χ3n) is 3.69. The van der Waals surface area contributed by atoms with Crippen LogP contribution in [0.3, 0.4) is 0 Å². The maximum absolute atomic E-state index is 11.7. The van der Waals surface area contributed by atoms with Crippen LogP contribution in [0.1, 0.15) is 32.6 Å². The van der Waals surface area contributed by atoms with Crippen molar-refractivity contribution < 1.29 is 9.53 Å². The van der Waals surface area contributed by atoms with Gasteiger partial charge in [0.25, 0.3) is 0 Å². The van der Waals surface area contributed by atoms with Crippen LogP contribution in [0, 0.1) is 11.8 Å². The molecule has 1 fully saturated rings. The van der Waals surface area contributed by atoms with Crippen molar-refractivity contribution in [1.82, 2.24) is 19.7 Å². The summed E-state index contributed by atoms with van der Waals surface area (Å²) in [5, 5.41) is 4.23. The number of likely N-dealkylation sites (tertiary alicyclic amines) is 1. The van der Waals surface area contributed by atoms with Gasteiger partial charge in [-0.3, -0.25) is 9.69 Å². The fourth-order valence-corrected chi connectivity index (χ4v) is 2.67. The van der Waals surface area contributed by atoms with E-state index in [2.05, 4.69) is 35.8 Å². The predicted octanol–water partition coefficient (Wildman–Crippen LogP) is 1.10. The first kappa shape index (κ1) is 14.0. The molecular weight excluding hydrogens is 244 g/mol. The Bertz CT molecular complexity index is 444. The zero-order valence-electron chi connectivity index (χ0n) is 12.0. The first-order valence-electron chi connectivity index (χ1n) is 6.71. The van der Waals surface area contributed by atoms with Crippen molar-refractivity contribution in [2.24, 2.45) is 11.8 Å². The minimum atomic E-state index is -0.111. The maximum Gasteiger partial charge on any atom is 0.310 e. The van der Waals surface area contributed by atoms with E-state index in [0.29, 0.717) is 12.0 Å². The number of carbonyl (C=O) groups is 1. The van der Waals surface area contributed by atoms with Crippen LogP contribution in [0.4, 0.5) is 0 Å². The number of hydrogen-bond acceptors (Lipinski definition) is 5. The highest BCUT2D eigenvalue weighted by Crippen LogP contribution is 2.25. The molecule has 2 atom stereocenters. The Labute approximate surface area is 113 Å². The second-order valence-corrected chi connectivity index (χ2v) is 5.52. The van der Waals surface area contributed by atoms with Crippen molar-refractivity contribution in [2.45, 2.75) is 33.4 Å². The van der Waals surface area contributed by atoms with Gasteiger partial charge in [-0.25, -0.2) is 9.67 Å². The van der Waals surface area contributed by atoms with Gasteiger partial charge >= 0.3 is 5.97 Å². The lowest BCUT2D eigenvalue weighted by Crippen LogP contribution is -2.25. The van der Waals surface area contributed by atoms with Gasteiger partial charge in [0.1, 0.15) is 12.2 Å². The SMILES string of the molecule is COC(=O)C1CN(Cc2ncnn2C(C)C)CC1C. The first-order chi connectivity index (χ1) is 9.02. The summed E-state index contributed by atoms with van der Waals surface area (Å²) >= 11 is 0. The smallest absolute Gasteiger partial charge is 0.310 e. The van der Waals surface area contributed by atoms with E-state index in [1.807, 2.05) is 4.68 Å².